The molecule has 0 atom stereocenters. The molecule has 0 saturated carbocycles. The van der Waals surface area contributed by atoms with Crippen LogP contribution in [0.1, 0.15) is 25.3 Å². The Hall–Kier alpha value is -1.88. The average Bonchev–Trinajstić information content (AvgIpc) is 2.97. The lowest BCUT2D eigenvalue weighted by Crippen LogP contribution is -2.40. The number of aromatic amines is 1. The van der Waals surface area contributed by atoms with Crippen LogP contribution in [0.3, 0.4) is 0 Å². The van der Waals surface area contributed by atoms with Crippen molar-refractivity contribution in [2.75, 3.05) is 18.0 Å². The number of rotatable bonds is 3. The number of nitrogens with two attached hydrogens (primary N) is 1. The number of anilines is 1. The van der Waals surface area contributed by atoms with Crippen LogP contribution in [-0.2, 0) is 6.42 Å². The molecule has 1 aliphatic rings. The molecule has 0 bridgehead atoms. The fraction of sp³-hybridized carbons (Fsp3) is 0.467. The molecule has 3 rings (SSSR count). The molecule has 1 fully saturated rings. The second-order valence-corrected chi connectivity index (χ2v) is 5.32. The first-order valence-electron chi connectivity index (χ1n) is 7.29. The van der Waals surface area contributed by atoms with Gasteiger partial charge in [0.2, 0.25) is 5.95 Å². The minimum absolute atomic E-state index is 0.325. The summed E-state index contributed by atoms with van der Waals surface area (Å²) in [6.45, 7) is 4.03. The number of benzene rings is 1. The smallest absolute Gasteiger partial charge is 0.245 e. The molecule has 1 aliphatic heterocycles. The predicted octanol–water partition coefficient (Wildman–Crippen LogP) is 1.96. The zero-order valence-corrected chi connectivity index (χ0v) is 11.8. The van der Waals surface area contributed by atoms with E-state index in [1.165, 1.54) is 5.56 Å². The summed E-state index contributed by atoms with van der Waals surface area (Å²) in [4.78, 5) is 6.86. The Balaban J connectivity index is 1.83. The second kappa shape index (κ2) is 5.63. The molecule has 2 heterocycles. The van der Waals surface area contributed by atoms with Crippen molar-refractivity contribution in [1.82, 2.24) is 15.2 Å². The van der Waals surface area contributed by atoms with E-state index in [0.29, 0.717) is 6.04 Å². The standard InChI is InChI=1S/C15H21N5/c1-2-11-5-3-4-6-13(11)14-17-15(19-18-14)20-9-7-12(16)8-10-20/h3-6,12H,2,7-10,16H2,1H3,(H,17,18,19). The summed E-state index contributed by atoms with van der Waals surface area (Å²) in [7, 11) is 0. The molecule has 0 spiro atoms. The van der Waals surface area contributed by atoms with E-state index < -0.39 is 0 Å². The highest BCUT2D eigenvalue weighted by molar-refractivity contribution is 5.61. The Morgan fingerprint density at radius 2 is 2.05 bits per heavy atom. The Labute approximate surface area is 119 Å². The van der Waals surface area contributed by atoms with Crippen molar-refractivity contribution in [3.63, 3.8) is 0 Å². The molecule has 1 saturated heterocycles. The molecule has 0 unspecified atom stereocenters. The van der Waals surface area contributed by atoms with Gasteiger partial charge in [-0.25, -0.2) is 0 Å². The fourth-order valence-corrected chi connectivity index (χ4v) is 2.67. The Kier molecular flexibility index (Phi) is 3.69. The third-order valence-corrected chi connectivity index (χ3v) is 3.95. The van der Waals surface area contributed by atoms with E-state index in [2.05, 4.69) is 45.2 Å². The van der Waals surface area contributed by atoms with Gasteiger partial charge in [-0.3, -0.25) is 5.10 Å². The zero-order chi connectivity index (χ0) is 13.9. The van der Waals surface area contributed by atoms with Crippen molar-refractivity contribution in [1.29, 1.82) is 0 Å². The summed E-state index contributed by atoms with van der Waals surface area (Å²) >= 11 is 0. The highest BCUT2D eigenvalue weighted by atomic mass is 15.4. The molecule has 0 aliphatic carbocycles. The third-order valence-electron chi connectivity index (χ3n) is 3.95. The lowest BCUT2D eigenvalue weighted by atomic mass is 10.1. The number of nitrogens with one attached hydrogen (secondary N) is 1. The van der Waals surface area contributed by atoms with Gasteiger partial charge in [0.25, 0.3) is 0 Å². The fourth-order valence-electron chi connectivity index (χ4n) is 2.67. The first-order valence-corrected chi connectivity index (χ1v) is 7.29. The molecular formula is C15H21N5. The molecule has 5 heteroatoms. The molecule has 0 radical (unpaired) electrons. The molecule has 1 aromatic heterocycles. The summed E-state index contributed by atoms with van der Waals surface area (Å²) in [5.74, 6) is 1.64. The Bertz CT molecular complexity index is 569. The highest BCUT2D eigenvalue weighted by Crippen LogP contribution is 2.23. The zero-order valence-electron chi connectivity index (χ0n) is 11.8. The van der Waals surface area contributed by atoms with Gasteiger partial charge in [-0.2, -0.15) is 4.98 Å². The van der Waals surface area contributed by atoms with Crippen LogP contribution in [0.2, 0.25) is 0 Å². The van der Waals surface area contributed by atoms with E-state index in [9.17, 15) is 0 Å². The first-order chi connectivity index (χ1) is 9.78. The van der Waals surface area contributed by atoms with Crippen molar-refractivity contribution in [2.24, 2.45) is 5.73 Å². The molecule has 106 valence electrons. The quantitative estimate of drug-likeness (QED) is 0.895. The van der Waals surface area contributed by atoms with Gasteiger partial charge in [0.1, 0.15) is 0 Å². The maximum absolute atomic E-state index is 5.93. The van der Waals surface area contributed by atoms with Gasteiger partial charge < -0.3 is 10.6 Å². The van der Waals surface area contributed by atoms with Crippen molar-refractivity contribution in [3.05, 3.63) is 29.8 Å². The number of nitrogens with zero attached hydrogens (tertiary/aromatic N) is 3. The van der Waals surface area contributed by atoms with Gasteiger partial charge in [-0.05, 0) is 24.8 Å². The number of hydrogen-bond donors (Lipinski definition) is 2. The number of hydrogen-bond acceptors (Lipinski definition) is 4. The largest absolute Gasteiger partial charge is 0.339 e. The van der Waals surface area contributed by atoms with Crippen molar-refractivity contribution < 1.29 is 0 Å². The number of piperidine rings is 1. The van der Waals surface area contributed by atoms with Gasteiger partial charge in [0.15, 0.2) is 5.82 Å². The van der Waals surface area contributed by atoms with Gasteiger partial charge in [-0.1, -0.05) is 31.2 Å². The van der Waals surface area contributed by atoms with E-state index in [1.807, 2.05) is 6.07 Å². The average molecular weight is 271 g/mol. The number of aryl methyl sites for hydroxylation is 1. The molecule has 5 nitrogen and oxygen atoms in total. The van der Waals surface area contributed by atoms with Crippen LogP contribution in [0.5, 0.6) is 0 Å². The van der Waals surface area contributed by atoms with Gasteiger partial charge >= 0.3 is 0 Å². The van der Waals surface area contributed by atoms with Crippen LogP contribution in [0.4, 0.5) is 5.95 Å². The van der Waals surface area contributed by atoms with E-state index in [4.69, 9.17) is 5.73 Å². The Morgan fingerprint density at radius 3 is 2.80 bits per heavy atom. The van der Waals surface area contributed by atoms with Crippen LogP contribution in [0.15, 0.2) is 24.3 Å². The van der Waals surface area contributed by atoms with E-state index >= 15 is 0 Å². The second-order valence-electron chi connectivity index (χ2n) is 5.32. The lowest BCUT2D eigenvalue weighted by molar-refractivity contribution is 0.496. The normalized spacial score (nSPS) is 16.6. The van der Waals surface area contributed by atoms with Crippen LogP contribution < -0.4 is 10.6 Å². The summed E-state index contributed by atoms with van der Waals surface area (Å²) in [5.41, 5.74) is 8.36. The SMILES string of the molecule is CCc1ccccc1-c1nc(N2CCC(N)CC2)n[nH]1. The number of aromatic nitrogens is 3. The summed E-state index contributed by atoms with van der Waals surface area (Å²) < 4.78 is 0. The van der Waals surface area contributed by atoms with Gasteiger partial charge in [0, 0.05) is 24.7 Å². The summed E-state index contributed by atoms with van der Waals surface area (Å²) in [6, 6.07) is 8.65. The van der Waals surface area contributed by atoms with E-state index in [0.717, 1.165) is 49.7 Å². The first kappa shape index (κ1) is 13.1. The minimum atomic E-state index is 0.325. The van der Waals surface area contributed by atoms with Crippen LogP contribution >= 0.6 is 0 Å². The summed E-state index contributed by atoms with van der Waals surface area (Å²) in [6.07, 6.45) is 3.01. The van der Waals surface area contributed by atoms with Crippen LogP contribution in [0.25, 0.3) is 11.4 Å². The molecular weight excluding hydrogens is 250 g/mol. The topological polar surface area (TPSA) is 70.8 Å². The molecule has 2 aromatic rings. The van der Waals surface area contributed by atoms with E-state index in [1.54, 1.807) is 0 Å². The molecule has 0 amide bonds. The molecule has 20 heavy (non-hydrogen) atoms. The van der Waals surface area contributed by atoms with Crippen LogP contribution in [-0.4, -0.2) is 34.3 Å². The minimum Gasteiger partial charge on any atom is -0.339 e. The number of H-pyrrole nitrogens is 1. The van der Waals surface area contributed by atoms with Crippen molar-refractivity contribution in [3.8, 4) is 11.4 Å². The lowest BCUT2D eigenvalue weighted by Gasteiger charge is -2.28. The van der Waals surface area contributed by atoms with Crippen LogP contribution in [0, 0.1) is 0 Å². The van der Waals surface area contributed by atoms with Gasteiger partial charge in [-0.15, -0.1) is 5.10 Å². The van der Waals surface area contributed by atoms with Crippen molar-refractivity contribution >= 4 is 5.95 Å². The van der Waals surface area contributed by atoms with Crippen molar-refractivity contribution in [2.45, 2.75) is 32.2 Å². The predicted molar refractivity (Wildman–Crippen MR) is 80.6 cm³/mol. The monoisotopic (exact) mass is 271 g/mol. The summed E-state index contributed by atoms with van der Waals surface area (Å²) in [5, 5.41) is 7.44. The maximum atomic E-state index is 5.93. The maximum Gasteiger partial charge on any atom is 0.245 e. The third kappa shape index (κ3) is 2.54. The Morgan fingerprint density at radius 1 is 1.30 bits per heavy atom. The molecule has 3 N–H and O–H groups in total. The highest BCUT2D eigenvalue weighted by Gasteiger charge is 2.20. The van der Waals surface area contributed by atoms with E-state index in [-0.39, 0.29) is 0 Å². The van der Waals surface area contributed by atoms with Gasteiger partial charge in [0.05, 0.1) is 0 Å². The molecule has 1 aromatic carbocycles.